The Labute approximate surface area is 109 Å². The minimum atomic E-state index is 0.241. The molecule has 0 amide bonds. The first-order chi connectivity index (χ1) is 8.65. The third-order valence-electron chi connectivity index (χ3n) is 2.45. The van der Waals surface area contributed by atoms with Crippen molar-refractivity contribution in [2.24, 2.45) is 0 Å². The van der Waals surface area contributed by atoms with Crippen LogP contribution in [-0.4, -0.2) is 19.4 Å². The summed E-state index contributed by atoms with van der Waals surface area (Å²) in [5, 5.41) is 4.46. The number of nitrogens with two attached hydrogens (primary N) is 1. The quantitative estimate of drug-likeness (QED) is 0.923. The first kappa shape index (κ1) is 12.7. The number of halogens is 1. The molecule has 0 aliphatic heterocycles. The number of hydrogen-bond donors (Lipinski definition) is 1. The van der Waals surface area contributed by atoms with E-state index in [2.05, 4.69) is 5.16 Å². The van der Waals surface area contributed by atoms with Crippen LogP contribution < -0.4 is 10.5 Å². The predicted molar refractivity (Wildman–Crippen MR) is 68.6 cm³/mol. The summed E-state index contributed by atoms with van der Waals surface area (Å²) in [6, 6.07) is 5.14. The van der Waals surface area contributed by atoms with E-state index in [1.807, 2.05) is 0 Å². The molecular weight excluding hydrogens is 256 g/mol. The van der Waals surface area contributed by atoms with Gasteiger partial charge in [0.15, 0.2) is 0 Å². The first-order valence-electron chi connectivity index (χ1n) is 5.23. The molecule has 0 saturated carbocycles. The molecule has 1 heterocycles. The number of methoxy groups -OCH3 is 2. The van der Waals surface area contributed by atoms with E-state index in [1.54, 1.807) is 32.4 Å². The minimum absolute atomic E-state index is 0.241. The van der Waals surface area contributed by atoms with Gasteiger partial charge in [0.2, 0.25) is 5.88 Å². The van der Waals surface area contributed by atoms with E-state index in [-0.39, 0.29) is 5.88 Å². The van der Waals surface area contributed by atoms with Crippen LogP contribution in [0.15, 0.2) is 22.7 Å². The summed E-state index contributed by atoms with van der Waals surface area (Å²) in [4.78, 5) is 0. The highest BCUT2D eigenvalue weighted by Gasteiger charge is 2.16. The summed E-state index contributed by atoms with van der Waals surface area (Å²) in [6.07, 6.45) is 0. The number of aromatic nitrogens is 1. The molecule has 0 radical (unpaired) electrons. The molecule has 0 spiro atoms. The highest BCUT2D eigenvalue weighted by Crippen LogP contribution is 2.36. The Hall–Kier alpha value is -1.72. The van der Waals surface area contributed by atoms with Crippen LogP contribution in [0.1, 0.15) is 5.56 Å². The number of ether oxygens (including phenoxy) is 2. The Balaban J connectivity index is 2.61. The van der Waals surface area contributed by atoms with Gasteiger partial charge in [-0.15, -0.1) is 0 Å². The Morgan fingerprint density at radius 1 is 1.33 bits per heavy atom. The maximum Gasteiger partial charge on any atom is 0.222 e. The average Bonchev–Trinajstić information content (AvgIpc) is 2.75. The summed E-state index contributed by atoms with van der Waals surface area (Å²) < 4.78 is 15.3. The molecule has 0 aliphatic rings. The zero-order valence-corrected chi connectivity index (χ0v) is 10.8. The largest absolute Gasteiger partial charge is 0.496 e. The minimum Gasteiger partial charge on any atom is -0.496 e. The van der Waals surface area contributed by atoms with Crippen molar-refractivity contribution in [2.45, 2.75) is 6.61 Å². The van der Waals surface area contributed by atoms with Crippen LogP contribution in [0.5, 0.6) is 5.75 Å². The zero-order valence-electron chi connectivity index (χ0n) is 10.1. The summed E-state index contributed by atoms with van der Waals surface area (Å²) >= 11 is 6.03. The number of nitrogen functional groups attached to an aromatic ring is 1. The van der Waals surface area contributed by atoms with Gasteiger partial charge in [0.05, 0.1) is 19.3 Å². The normalized spacial score (nSPS) is 10.6. The van der Waals surface area contributed by atoms with Gasteiger partial charge in [0.25, 0.3) is 0 Å². The molecule has 0 unspecified atom stereocenters. The molecule has 0 saturated heterocycles. The lowest BCUT2D eigenvalue weighted by atomic mass is 10.0. The fraction of sp³-hybridized carbons (Fsp3) is 0.250. The Kier molecular flexibility index (Phi) is 3.74. The van der Waals surface area contributed by atoms with Crippen molar-refractivity contribution in [1.29, 1.82) is 0 Å². The van der Waals surface area contributed by atoms with E-state index in [0.29, 0.717) is 23.1 Å². The van der Waals surface area contributed by atoms with E-state index < -0.39 is 0 Å². The molecular formula is C12H13ClN2O3. The molecule has 18 heavy (non-hydrogen) atoms. The highest BCUT2D eigenvalue weighted by molar-refractivity contribution is 6.31. The van der Waals surface area contributed by atoms with Gasteiger partial charge in [-0.1, -0.05) is 16.8 Å². The van der Waals surface area contributed by atoms with Crippen molar-refractivity contribution in [3.8, 4) is 17.0 Å². The zero-order chi connectivity index (χ0) is 13.1. The van der Waals surface area contributed by atoms with Gasteiger partial charge >= 0.3 is 0 Å². The molecule has 2 aromatic rings. The maximum atomic E-state index is 6.03. The smallest absolute Gasteiger partial charge is 0.222 e. The fourth-order valence-corrected chi connectivity index (χ4v) is 1.99. The molecule has 0 atom stereocenters. The second kappa shape index (κ2) is 5.29. The van der Waals surface area contributed by atoms with Crippen LogP contribution in [0.25, 0.3) is 11.3 Å². The molecule has 5 nitrogen and oxygen atoms in total. The lowest BCUT2D eigenvalue weighted by molar-refractivity contribution is 0.185. The van der Waals surface area contributed by atoms with E-state index in [4.69, 9.17) is 31.3 Å². The van der Waals surface area contributed by atoms with Gasteiger partial charge in [-0.2, -0.15) is 0 Å². The van der Waals surface area contributed by atoms with E-state index in [0.717, 1.165) is 11.1 Å². The summed E-state index contributed by atoms with van der Waals surface area (Å²) in [5.41, 5.74) is 7.75. The van der Waals surface area contributed by atoms with Crippen molar-refractivity contribution >= 4 is 17.5 Å². The number of rotatable bonds is 4. The van der Waals surface area contributed by atoms with E-state index >= 15 is 0 Å². The summed E-state index contributed by atoms with van der Waals surface area (Å²) in [5.74, 6) is 0.841. The Morgan fingerprint density at radius 2 is 2.11 bits per heavy atom. The van der Waals surface area contributed by atoms with Crippen molar-refractivity contribution in [2.75, 3.05) is 20.0 Å². The Morgan fingerprint density at radius 3 is 2.67 bits per heavy atom. The Bertz CT molecular complexity index is 554. The average molecular weight is 269 g/mol. The summed E-state index contributed by atoms with van der Waals surface area (Å²) in [6.45, 7) is 0.388. The molecule has 0 bridgehead atoms. The third-order valence-corrected chi connectivity index (χ3v) is 2.67. The van der Waals surface area contributed by atoms with Gasteiger partial charge in [0, 0.05) is 18.2 Å². The first-order valence-corrected chi connectivity index (χ1v) is 5.61. The fourth-order valence-electron chi connectivity index (χ4n) is 1.76. The summed E-state index contributed by atoms with van der Waals surface area (Å²) in [7, 11) is 3.17. The van der Waals surface area contributed by atoms with Gasteiger partial charge in [-0.3, -0.25) is 0 Å². The van der Waals surface area contributed by atoms with Crippen LogP contribution >= 0.6 is 11.6 Å². The van der Waals surface area contributed by atoms with E-state index in [1.165, 1.54) is 0 Å². The van der Waals surface area contributed by atoms with Crippen molar-refractivity contribution in [3.63, 3.8) is 0 Å². The van der Waals surface area contributed by atoms with Crippen LogP contribution in [0.3, 0.4) is 0 Å². The maximum absolute atomic E-state index is 6.03. The molecule has 96 valence electrons. The second-order valence-electron chi connectivity index (χ2n) is 3.69. The van der Waals surface area contributed by atoms with Gasteiger partial charge < -0.3 is 19.7 Å². The van der Waals surface area contributed by atoms with Gasteiger partial charge in [-0.05, 0) is 17.7 Å². The molecule has 2 rings (SSSR count). The second-order valence-corrected chi connectivity index (χ2v) is 4.13. The number of nitrogens with zero attached hydrogens (tertiary/aromatic N) is 1. The van der Waals surface area contributed by atoms with Crippen molar-refractivity contribution in [1.82, 2.24) is 5.16 Å². The van der Waals surface area contributed by atoms with Crippen molar-refractivity contribution in [3.05, 3.63) is 28.8 Å². The number of hydrogen-bond acceptors (Lipinski definition) is 5. The molecule has 0 aliphatic carbocycles. The topological polar surface area (TPSA) is 70.5 Å². The standard InChI is InChI=1S/C12H13ClN2O3/c1-16-6-7-3-8(13)4-10(17-2)12(7)9-5-11(14)18-15-9/h3-5H,6,14H2,1-2H3. The SMILES string of the molecule is COCc1cc(Cl)cc(OC)c1-c1cc(N)on1. The monoisotopic (exact) mass is 268 g/mol. The van der Waals surface area contributed by atoms with Crippen molar-refractivity contribution < 1.29 is 14.0 Å². The van der Waals surface area contributed by atoms with Crippen LogP contribution in [0, 0.1) is 0 Å². The van der Waals surface area contributed by atoms with Gasteiger partial charge in [0.1, 0.15) is 11.4 Å². The molecule has 1 aromatic carbocycles. The predicted octanol–water partition coefficient (Wildman–Crippen LogP) is 2.73. The number of anilines is 1. The highest BCUT2D eigenvalue weighted by atomic mass is 35.5. The van der Waals surface area contributed by atoms with Crippen LogP contribution in [0.4, 0.5) is 5.88 Å². The molecule has 6 heteroatoms. The van der Waals surface area contributed by atoms with Crippen LogP contribution in [-0.2, 0) is 11.3 Å². The number of benzene rings is 1. The molecule has 1 aromatic heterocycles. The van der Waals surface area contributed by atoms with Gasteiger partial charge in [-0.25, -0.2) is 0 Å². The lowest BCUT2D eigenvalue weighted by Crippen LogP contribution is -1.97. The molecule has 0 fully saturated rings. The lowest BCUT2D eigenvalue weighted by Gasteiger charge is -2.12. The third kappa shape index (κ3) is 2.42. The molecule has 2 N–H and O–H groups in total. The van der Waals surface area contributed by atoms with E-state index in [9.17, 15) is 0 Å². The van der Waals surface area contributed by atoms with Crippen LogP contribution in [0.2, 0.25) is 5.02 Å².